The highest BCUT2D eigenvalue weighted by molar-refractivity contribution is 14.1. The molecule has 0 atom stereocenters. The lowest BCUT2D eigenvalue weighted by molar-refractivity contribution is 0.122. The molecule has 0 amide bonds. The van der Waals surface area contributed by atoms with Crippen molar-refractivity contribution in [3.8, 4) is 0 Å². The summed E-state index contributed by atoms with van der Waals surface area (Å²) in [5.74, 6) is 0. The number of rotatable bonds is 2. The number of halogens is 4. The summed E-state index contributed by atoms with van der Waals surface area (Å²) < 4.78 is 26.6. The van der Waals surface area contributed by atoms with E-state index in [1.54, 1.807) is 18.6 Å². The fourth-order valence-corrected chi connectivity index (χ4v) is 1.54. The fraction of sp³-hybridized carbons (Fsp3) is 0.250. The predicted molar refractivity (Wildman–Crippen MR) is 72.3 cm³/mol. The van der Waals surface area contributed by atoms with Gasteiger partial charge in [-0.3, -0.25) is 9.78 Å². The minimum absolute atomic E-state index is 0.316. The number of alkyl halides is 2. The minimum atomic E-state index is -2.32. The number of hydrogen-bond donors (Lipinski definition) is 1. The molecule has 2 aromatic heterocycles. The molecule has 1 N–H and O–H groups in total. The summed E-state index contributed by atoms with van der Waals surface area (Å²) in [6, 6.07) is 0. The normalized spacial score (nSPS) is 10.1. The zero-order valence-electron chi connectivity index (χ0n) is 7.95. The van der Waals surface area contributed by atoms with E-state index in [1.165, 1.54) is 4.68 Å². The molecule has 0 aliphatic heterocycles. The van der Waals surface area contributed by atoms with Crippen LogP contribution in [0.15, 0.2) is 24.8 Å². The molecule has 8 heteroatoms. The smallest absolute Gasteiger partial charge is 0.257 e. The van der Waals surface area contributed by atoms with Gasteiger partial charge in [-0.05, 0) is 45.2 Å². The van der Waals surface area contributed by atoms with Crippen molar-refractivity contribution in [2.75, 3.05) is 0 Å². The van der Waals surface area contributed by atoms with Crippen molar-refractivity contribution in [3.63, 3.8) is 0 Å². The Bertz CT molecular complexity index is 402. The predicted octanol–water partition coefficient (Wildman–Crippen LogP) is 2.77. The van der Waals surface area contributed by atoms with Gasteiger partial charge < -0.3 is 0 Å². The van der Waals surface area contributed by atoms with Crippen LogP contribution in [-0.2, 0) is 6.54 Å². The molecule has 0 aliphatic carbocycles. The molecule has 4 nitrogen and oxygen atoms in total. The van der Waals surface area contributed by atoms with Crippen molar-refractivity contribution >= 4 is 45.2 Å². The van der Waals surface area contributed by atoms with Crippen LogP contribution in [0.4, 0.5) is 8.78 Å². The van der Waals surface area contributed by atoms with Crippen LogP contribution in [0.1, 0.15) is 0 Å². The third-order valence-corrected chi connectivity index (χ3v) is 2.54. The number of nitrogens with one attached hydrogen (secondary N) is 1. The number of nitrogens with zero attached hydrogens (tertiary/aromatic N) is 3. The number of hydrogen-bond acceptors (Lipinski definition) is 2. The quantitative estimate of drug-likeness (QED) is 0.714. The molecule has 2 aromatic rings. The van der Waals surface area contributed by atoms with Gasteiger partial charge in [-0.15, -0.1) is 0 Å². The fourth-order valence-electron chi connectivity index (χ4n) is 0.815. The highest BCUT2D eigenvalue weighted by Gasteiger charge is 2.03. The summed E-state index contributed by atoms with van der Waals surface area (Å²) in [7, 11) is 0. The Labute approximate surface area is 118 Å². The summed E-state index contributed by atoms with van der Waals surface area (Å²) in [5.41, 5.74) is 0. The lowest BCUT2D eigenvalue weighted by Gasteiger charge is -1.96. The van der Waals surface area contributed by atoms with Crippen molar-refractivity contribution in [2.45, 2.75) is 13.0 Å². The topological polar surface area (TPSA) is 46.5 Å². The van der Waals surface area contributed by atoms with Crippen LogP contribution in [0.3, 0.4) is 0 Å². The molecule has 0 saturated carbocycles. The Balaban J connectivity index is 0.000000181. The summed E-state index contributed by atoms with van der Waals surface area (Å²) >= 11 is 4.20. The van der Waals surface area contributed by atoms with Gasteiger partial charge in [0.2, 0.25) is 0 Å². The molecule has 0 aromatic carbocycles. The third-order valence-electron chi connectivity index (χ3n) is 1.39. The molecule has 16 heavy (non-hydrogen) atoms. The van der Waals surface area contributed by atoms with Crippen molar-refractivity contribution in [1.82, 2.24) is 20.0 Å². The average molecular weight is 452 g/mol. The van der Waals surface area contributed by atoms with Gasteiger partial charge in [-0.2, -0.15) is 10.2 Å². The molecule has 0 unspecified atom stereocenters. The maximum Gasteiger partial charge on any atom is 0.257 e. The molecular formula is C8H8F2I2N4. The van der Waals surface area contributed by atoms with Gasteiger partial charge in [-0.1, -0.05) is 0 Å². The van der Waals surface area contributed by atoms with E-state index in [-0.39, 0.29) is 6.54 Å². The van der Waals surface area contributed by atoms with E-state index in [0.717, 1.165) is 7.14 Å². The van der Waals surface area contributed by atoms with Crippen LogP contribution in [-0.4, -0.2) is 26.4 Å². The number of H-pyrrole nitrogens is 1. The summed E-state index contributed by atoms with van der Waals surface area (Å²) in [6.07, 6.45) is 4.40. The lowest BCUT2D eigenvalue weighted by Crippen LogP contribution is -2.06. The monoisotopic (exact) mass is 452 g/mol. The lowest BCUT2D eigenvalue weighted by atomic mass is 10.7. The van der Waals surface area contributed by atoms with E-state index in [9.17, 15) is 8.78 Å². The zero-order valence-corrected chi connectivity index (χ0v) is 12.3. The molecule has 0 radical (unpaired) electrons. The molecule has 2 rings (SSSR count). The summed E-state index contributed by atoms with van der Waals surface area (Å²) in [5, 5.41) is 10.0. The van der Waals surface area contributed by atoms with Gasteiger partial charge >= 0.3 is 0 Å². The Morgan fingerprint density at radius 1 is 1.31 bits per heavy atom. The average Bonchev–Trinajstić information content (AvgIpc) is 2.78. The van der Waals surface area contributed by atoms with E-state index in [0.29, 0.717) is 0 Å². The summed E-state index contributed by atoms with van der Waals surface area (Å²) in [4.78, 5) is 0. The Morgan fingerprint density at radius 3 is 2.38 bits per heavy atom. The summed E-state index contributed by atoms with van der Waals surface area (Å²) in [6.45, 7) is -0.316. The molecule has 2 heterocycles. The van der Waals surface area contributed by atoms with Crippen molar-refractivity contribution in [2.24, 2.45) is 0 Å². The van der Waals surface area contributed by atoms with Crippen molar-refractivity contribution in [1.29, 1.82) is 0 Å². The Kier molecular flexibility index (Phi) is 6.16. The van der Waals surface area contributed by atoms with Crippen LogP contribution in [0, 0.1) is 7.14 Å². The number of aromatic nitrogens is 4. The van der Waals surface area contributed by atoms with E-state index in [2.05, 4.69) is 37.9 Å². The van der Waals surface area contributed by atoms with Gasteiger partial charge in [0.25, 0.3) is 6.43 Å². The minimum Gasteiger partial charge on any atom is -0.285 e. The molecule has 0 saturated heterocycles. The van der Waals surface area contributed by atoms with E-state index in [1.807, 2.05) is 28.8 Å². The van der Waals surface area contributed by atoms with Crippen LogP contribution in [0.2, 0.25) is 0 Å². The van der Waals surface area contributed by atoms with Crippen molar-refractivity contribution < 1.29 is 8.78 Å². The van der Waals surface area contributed by atoms with Gasteiger partial charge in [0.05, 0.1) is 19.5 Å². The van der Waals surface area contributed by atoms with Crippen LogP contribution in [0.5, 0.6) is 0 Å². The SMILES string of the molecule is FC(F)Cn1cc(I)cn1.Ic1cn[nH]c1. The molecule has 0 spiro atoms. The largest absolute Gasteiger partial charge is 0.285 e. The van der Waals surface area contributed by atoms with Gasteiger partial charge in [-0.25, -0.2) is 8.78 Å². The van der Waals surface area contributed by atoms with E-state index >= 15 is 0 Å². The van der Waals surface area contributed by atoms with Gasteiger partial charge in [0, 0.05) is 12.4 Å². The second-order valence-corrected chi connectivity index (χ2v) is 5.18. The first-order valence-corrected chi connectivity index (χ1v) is 6.34. The zero-order chi connectivity index (χ0) is 12.0. The van der Waals surface area contributed by atoms with E-state index in [4.69, 9.17) is 0 Å². The molecule has 0 bridgehead atoms. The maximum atomic E-state index is 11.7. The first-order chi connectivity index (χ1) is 7.58. The van der Waals surface area contributed by atoms with Crippen LogP contribution < -0.4 is 0 Å². The van der Waals surface area contributed by atoms with Crippen LogP contribution >= 0.6 is 45.2 Å². The van der Waals surface area contributed by atoms with Gasteiger partial charge in [0.1, 0.15) is 6.54 Å². The van der Waals surface area contributed by atoms with Crippen molar-refractivity contribution in [3.05, 3.63) is 31.9 Å². The second kappa shape index (κ2) is 7.14. The maximum absolute atomic E-state index is 11.7. The first kappa shape index (κ1) is 13.8. The van der Waals surface area contributed by atoms with Crippen LogP contribution in [0.25, 0.3) is 0 Å². The van der Waals surface area contributed by atoms with Gasteiger partial charge in [0.15, 0.2) is 0 Å². The Hall–Kier alpha value is -0.260. The molecule has 0 aliphatic rings. The highest BCUT2D eigenvalue weighted by Crippen LogP contribution is 2.03. The first-order valence-electron chi connectivity index (χ1n) is 4.18. The highest BCUT2D eigenvalue weighted by atomic mass is 127. The molecular weight excluding hydrogens is 444 g/mol. The standard InChI is InChI=1S/C5H5F2IN2.C3H3IN2/c6-5(7)3-10-2-4(8)1-9-10;4-3-1-5-6-2-3/h1-2,5H,3H2;1-2H,(H,5,6). The second-order valence-electron chi connectivity index (χ2n) is 2.69. The Morgan fingerprint density at radius 2 is 2.06 bits per heavy atom. The molecule has 88 valence electrons. The third kappa shape index (κ3) is 5.72. The number of aromatic amines is 1. The molecule has 0 fully saturated rings. The van der Waals surface area contributed by atoms with E-state index < -0.39 is 6.43 Å².